The lowest BCUT2D eigenvalue weighted by Gasteiger charge is -2.10. The third-order valence-electron chi connectivity index (χ3n) is 4.66. The molecule has 0 aliphatic rings. The molecule has 0 aliphatic heterocycles. The Morgan fingerprint density at radius 1 is 0.875 bits per heavy atom. The van der Waals surface area contributed by atoms with Crippen LogP contribution in [0.3, 0.4) is 0 Å². The Kier molecular flexibility index (Phi) is 8.40. The lowest BCUT2D eigenvalue weighted by Crippen LogP contribution is -2.20. The minimum absolute atomic E-state index is 0.146. The molecule has 0 radical (unpaired) electrons. The van der Waals surface area contributed by atoms with Crippen molar-refractivity contribution >= 4 is 17.6 Å². The number of hydrogen-bond acceptors (Lipinski definition) is 5. The maximum absolute atomic E-state index is 12.3. The Labute approximate surface area is 188 Å². The molecule has 0 spiro atoms. The van der Waals surface area contributed by atoms with Crippen LogP contribution in [0, 0.1) is 6.92 Å². The fourth-order valence-corrected chi connectivity index (χ4v) is 2.98. The fourth-order valence-electron chi connectivity index (χ4n) is 2.98. The zero-order valence-corrected chi connectivity index (χ0v) is 18.3. The van der Waals surface area contributed by atoms with Gasteiger partial charge in [0.25, 0.3) is 5.91 Å². The molecule has 0 aliphatic carbocycles. The van der Waals surface area contributed by atoms with Crippen molar-refractivity contribution in [2.75, 3.05) is 31.7 Å². The summed E-state index contributed by atoms with van der Waals surface area (Å²) >= 11 is 0. The van der Waals surface area contributed by atoms with Crippen molar-refractivity contribution in [1.82, 2.24) is 0 Å². The van der Waals surface area contributed by atoms with Crippen LogP contribution in [0.25, 0.3) is 11.1 Å². The summed E-state index contributed by atoms with van der Waals surface area (Å²) in [4.78, 5) is 24.4. The van der Waals surface area contributed by atoms with Gasteiger partial charge in [0, 0.05) is 12.3 Å². The van der Waals surface area contributed by atoms with E-state index in [1.165, 1.54) is 5.56 Å². The highest BCUT2D eigenvalue weighted by atomic mass is 16.6. The van der Waals surface area contributed by atoms with Gasteiger partial charge < -0.3 is 19.5 Å². The number of aryl methyl sites for hydroxylation is 1. The number of hydrogen-bond donors (Lipinski definition) is 1. The third-order valence-corrected chi connectivity index (χ3v) is 4.66. The van der Waals surface area contributed by atoms with Crippen molar-refractivity contribution in [3.05, 3.63) is 83.9 Å². The first kappa shape index (κ1) is 23.0. The van der Waals surface area contributed by atoms with E-state index in [4.69, 9.17) is 14.2 Å². The molecule has 0 fully saturated rings. The molecule has 0 aromatic heterocycles. The number of amides is 1. The molecule has 0 saturated heterocycles. The van der Waals surface area contributed by atoms with Crippen LogP contribution in [0.15, 0.2) is 72.8 Å². The van der Waals surface area contributed by atoms with Crippen molar-refractivity contribution in [3.63, 3.8) is 0 Å². The normalized spacial score (nSPS) is 10.4. The van der Waals surface area contributed by atoms with Crippen LogP contribution < -0.4 is 10.1 Å². The van der Waals surface area contributed by atoms with Crippen molar-refractivity contribution in [3.8, 4) is 16.9 Å². The lowest BCUT2D eigenvalue weighted by molar-refractivity contribution is -0.118. The van der Waals surface area contributed by atoms with Gasteiger partial charge in [0.05, 0.1) is 12.2 Å². The molecule has 6 heteroatoms. The first-order valence-corrected chi connectivity index (χ1v) is 10.5. The summed E-state index contributed by atoms with van der Waals surface area (Å²) in [7, 11) is 0. The summed E-state index contributed by atoms with van der Waals surface area (Å²) in [6.07, 6.45) is 0. The van der Waals surface area contributed by atoms with Crippen LogP contribution in [0.1, 0.15) is 22.8 Å². The maximum Gasteiger partial charge on any atom is 0.338 e. The highest BCUT2D eigenvalue weighted by Crippen LogP contribution is 2.23. The number of carbonyl (C=O) groups is 2. The molecule has 166 valence electrons. The number of nitrogens with one attached hydrogen (secondary N) is 1. The Morgan fingerprint density at radius 3 is 2.25 bits per heavy atom. The highest BCUT2D eigenvalue weighted by molar-refractivity contribution is 5.95. The summed E-state index contributed by atoms with van der Waals surface area (Å²) in [5, 5.41) is 2.73. The van der Waals surface area contributed by atoms with Gasteiger partial charge in [-0.05, 0) is 55.3 Å². The molecule has 3 rings (SSSR count). The molecule has 0 atom stereocenters. The first-order valence-electron chi connectivity index (χ1n) is 10.5. The van der Waals surface area contributed by atoms with Crippen LogP contribution in [0.4, 0.5) is 5.69 Å². The number of carbonyl (C=O) groups excluding carboxylic acids is 2. The van der Waals surface area contributed by atoms with Gasteiger partial charge in [-0.15, -0.1) is 0 Å². The second kappa shape index (κ2) is 11.7. The highest BCUT2D eigenvalue weighted by Gasteiger charge is 2.10. The van der Waals surface area contributed by atoms with Crippen LogP contribution in [0.2, 0.25) is 0 Å². The van der Waals surface area contributed by atoms with Crippen LogP contribution >= 0.6 is 0 Å². The average Bonchev–Trinajstić information content (AvgIpc) is 2.81. The predicted molar refractivity (Wildman–Crippen MR) is 124 cm³/mol. The van der Waals surface area contributed by atoms with Gasteiger partial charge in [0.1, 0.15) is 12.4 Å². The van der Waals surface area contributed by atoms with E-state index in [1.807, 2.05) is 31.2 Å². The number of benzene rings is 3. The third kappa shape index (κ3) is 6.96. The van der Waals surface area contributed by atoms with Crippen molar-refractivity contribution in [1.29, 1.82) is 0 Å². The zero-order chi connectivity index (χ0) is 22.8. The standard InChI is InChI=1S/C26H27NO5/c1-3-30-15-16-31-26(29)22-5-4-6-23(17-22)27-25(28)18-32-24-13-11-21(12-14-24)20-9-7-19(2)8-10-20/h4-14,17H,3,15-16,18H2,1-2H3,(H,27,28). The van der Waals surface area contributed by atoms with E-state index in [1.54, 1.807) is 24.3 Å². The fraction of sp³-hybridized carbons (Fsp3) is 0.231. The average molecular weight is 434 g/mol. The summed E-state index contributed by atoms with van der Waals surface area (Å²) in [5.74, 6) is -0.192. The molecule has 3 aromatic rings. The second-order valence-corrected chi connectivity index (χ2v) is 7.14. The van der Waals surface area contributed by atoms with E-state index in [-0.39, 0.29) is 19.1 Å². The Morgan fingerprint density at radius 2 is 1.56 bits per heavy atom. The van der Waals surface area contributed by atoms with E-state index >= 15 is 0 Å². The predicted octanol–water partition coefficient (Wildman–Crippen LogP) is 4.87. The van der Waals surface area contributed by atoms with E-state index in [2.05, 4.69) is 36.5 Å². The summed E-state index contributed by atoms with van der Waals surface area (Å²) in [6, 6.07) is 22.4. The number of ether oxygens (including phenoxy) is 3. The van der Waals surface area contributed by atoms with Gasteiger partial charge in [-0.2, -0.15) is 0 Å². The lowest BCUT2D eigenvalue weighted by atomic mass is 10.0. The molecule has 0 heterocycles. The number of anilines is 1. The second-order valence-electron chi connectivity index (χ2n) is 7.14. The van der Waals surface area contributed by atoms with E-state index in [0.29, 0.717) is 30.2 Å². The summed E-state index contributed by atoms with van der Waals surface area (Å²) in [5.41, 5.74) is 4.26. The molecule has 6 nitrogen and oxygen atoms in total. The molecule has 3 aromatic carbocycles. The molecule has 0 bridgehead atoms. The van der Waals surface area contributed by atoms with Crippen molar-refractivity contribution < 1.29 is 23.8 Å². The van der Waals surface area contributed by atoms with Crippen molar-refractivity contribution in [2.45, 2.75) is 13.8 Å². The maximum atomic E-state index is 12.3. The largest absolute Gasteiger partial charge is 0.484 e. The topological polar surface area (TPSA) is 73.9 Å². The van der Waals surface area contributed by atoms with E-state index in [9.17, 15) is 9.59 Å². The molecular weight excluding hydrogens is 406 g/mol. The van der Waals surface area contributed by atoms with Gasteiger partial charge in [0.15, 0.2) is 6.61 Å². The quantitative estimate of drug-likeness (QED) is 0.365. The van der Waals surface area contributed by atoms with E-state index < -0.39 is 5.97 Å². The van der Waals surface area contributed by atoms with Crippen LogP contribution in [-0.4, -0.2) is 38.3 Å². The minimum atomic E-state index is -0.467. The SMILES string of the molecule is CCOCCOC(=O)c1cccc(NC(=O)COc2ccc(-c3ccc(C)cc3)cc2)c1. The van der Waals surface area contributed by atoms with Gasteiger partial charge in [-0.1, -0.05) is 48.0 Å². The van der Waals surface area contributed by atoms with Crippen LogP contribution in [-0.2, 0) is 14.3 Å². The smallest absolute Gasteiger partial charge is 0.338 e. The van der Waals surface area contributed by atoms with Crippen molar-refractivity contribution in [2.24, 2.45) is 0 Å². The number of rotatable bonds is 10. The minimum Gasteiger partial charge on any atom is -0.484 e. The zero-order valence-electron chi connectivity index (χ0n) is 18.3. The van der Waals surface area contributed by atoms with Crippen LogP contribution in [0.5, 0.6) is 5.75 Å². The summed E-state index contributed by atoms with van der Waals surface area (Å²) < 4.78 is 15.9. The molecule has 32 heavy (non-hydrogen) atoms. The molecule has 1 N–H and O–H groups in total. The number of esters is 1. The molecule has 1 amide bonds. The Bertz CT molecular complexity index is 1030. The van der Waals surface area contributed by atoms with E-state index in [0.717, 1.165) is 11.1 Å². The molecule has 0 unspecified atom stereocenters. The molecular formula is C26H27NO5. The van der Waals surface area contributed by atoms with Gasteiger partial charge in [0.2, 0.25) is 0 Å². The Hall–Kier alpha value is -3.64. The Balaban J connectivity index is 1.49. The monoisotopic (exact) mass is 433 g/mol. The summed E-state index contributed by atoms with van der Waals surface area (Å²) in [6.45, 7) is 4.88. The van der Waals surface area contributed by atoms with Gasteiger partial charge >= 0.3 is 5.97 Å². The van der Waals surface area contributed by atoms with Gasteiger partial charge in [-0.3, -0.25) is 4.79 Å². The molecule has 0 saturated carbocycles. The van der Waals surface area contributed by atoms with Gasteiger partial charge in [-0.25, -0.2) is 4.79 Å². The first-order chi connectivity index (χ1) is 15.5.